The quantitative estimate of drug-likeness (QED) is 0.918. The van der Waals surface area contributed by atoms with E-state index in [2.05, 4.69) is 27.0 Å². The molecule has 3 rings (SSSR count). The van der Waals surface area contributed by atoms with E-state index in [1.807, 2.05) is 0 Å². The Morgan fingerprint density at radius 3 is 3.26 bits per heavy atom. The molecule has 0 aromatic carbocycles. The van der Waals surface area contributed by atoms with E-state index in [9.17, 15) is 4.79 Å². The van der Waals surface area contributed by atoms with E-state index in [-0.39, 0.29) is 11.9 Å². The third-order valence-electron chi connectivity index (χ3n) is 3.92. The molecule has 5 heteroatoms. The van der Waals surface area contributed by atoms with Crippen molar-refractivity contribution >= 4 is 17.2 Å². The lowest BCUT2D eigenvalue weighted by atomic mass is 10.1. The topological polar surface area (TPSA) is 41.6 Å². The molecule has 2 aliphatic rings. The molecule has 0 saturated carbocycles. The van der Waals surface area contributed by atoms with Crippen LogP contribution in [0.3, 0.4) is 0 Å². The van der Waals surface area contributed by atoms with Crippen molar-refractivity contribution < 1.29 is 9.53 Å². The minimum Gasteiger partial charge on any atom is -0.378 e. The maximum Gasteiger partial charge on any atom is 0.224 e. The average molecular weight is 280 g/mol. The Morgan fingerprint density at radius 1 is 1.58 bits per heavy atom. The molecule has 1 amide bonds. The van der Waals surface area contributed by atoms with Crippen molar-refractivity contribution in [2.75, 3.05) is 26.3 Å². The molecule has 0 aliphatic carbocycles. The standard InChI is InChI=1S/C14H20N2O2S/c17-14(8-12-9-18-6-4-15-12)16-5-1-2-13(16)11-3-7-19-10-11/h3,7,10,12-13,15H,1-2,4-6,8-9H2. The fourth-order valence-corrected chi connectivity index (χ4v) is 3.66. The Bertz CT molecular complexity index is 415. The van der Waals surface area contributed by atoms with Gasteiger partial charge >= 0.3 is 0 Å². The molecule has 2 saturated heterocycles. The number of nitrogens with zero attached hydrogens (tertiary/aromatic N) is 1. The van der Waals surface area contributed by atoms with E-state index >= 15 is 0 Å². The van der Waals surface area contributed by atoms with Gasteiger partial charge in [-0.1, -0.05) is 0 Å². The van der Waals surface area contributed by atoms with Gasteiger partial charge in [0.2, 0.25) is 5.91 Å². The number of ether oxygens (including phenoxy) is 1. The number of hydrogen-bond acceptors (Lipinski definition) is 4. The SMILES string of the molecule is O=C(CC1COCCN1)N1CCCC1c1ccsc1. The molecule has 0 radical (unpaired) electrons. The van der Waals surface area contributed by atoms with Gasteiger partial charge in [-0.15, -0.1) is 0 Å². The zero-order valence-corrected chi connectivity index (χ0v) is 11.8. The van der Waals surface area contributed by atoms with Crippen LogP contribution in [-0.2, 0) is 9.53 Å². The largest absolute Gasteiger partial charge is 0.378 e. The molecule has 4 nitrogen and oxygen atoms in total. The summed E-state index contributed by atoms with van der Waals surface area (Å²) in [5.74, 6) is 0.261. The highest BCUT2D eigenvalue weighted by atomic mass is 32.1. The fourth-order valence-electron chi connectivity index (χ4n) is 2.96. The lowest BCUT2D eigenvalue weighted by Crippen LogP contribution is -2.45. The van der Waals surface area contributed by atoms with Crippen LogP contribution < -0.4 is 5.32 Å². The number of morpholine rings is 1. The molecule has 1 N–H and O–H groups in total. The summed E-state index contributed by atoms with van der Waals surface area (Å²) < 4.78 is 5.41. The number of likely N-dealkylation sites (tertiary alicyclic amines) is 1. The molecule has 2 aliphatic heterocycles. The van der Waals surface area contributed by atoms with E-state index < -0.39 is 0 Å². The molecule has 1 aromatic rings. The van der Waals surface area contributed by atoms with Crippen LogP contribution in [0, 0.1) is 0 Å². The summed E-state index contributed by atoms with van der Waals surface area (Å²) in [4.78, 5) is 14.5. The monoisotopic (exact) mass is 280 g/mol. The van der Waals surface area contributed by atoms with E-state index in [4.69, 9.17) is 4.74 Å². The van der Waals surface area contributed by atoms with Crippen molar-refractivity contribution in [3.63, 3.8) is 0 Å². The summed E-state index contributed by atoms with van der Waals surface area (Å²) >= 11 is 1.71. The highest BCUT2D eigenvalue weighted by Crippen LogP contribution is 2.33. The third-order valence-corrected chi connectivity index (χ3v) is 4.62. The van der Waals surface area contributed by atoms with Crippen molar-refractivity contribution in [2.24, 2.45) is 0 Å². The van der Waals surface area contributed by atoms with Gasteiger partial charge in [0.15, 0.2) is 0 Å². The first-order valence-corrected chi connectivity index (χ1v) is 7.91. The molecular weight excluding hydrogens is 260 g/mol. The highest BCUT2D eigenvalue weighted by molar-refractivity contribution is 7.07. The van der Waals surface area contributed by atoms with Crippen molar-refractivity contribution in [2.45, 2.75) is 31.3 Å². The predicted octanol–water partition coefficient (Wildman–Crippen LogP) is 1.79. The zero-order chi connectivity index (χ0) is 13.1. The maximum absolute atomic E-state index is 12.5. The van der Waals surface area contributed by atoms with Gasteiger partial charge in [0, 0.05) is 25.6 Å². The Labute approximate surface area is 117 Å². The summed E-state index contributed by atoms with van der Waals surface area (Å²) in [7, 11) is 0. The zero-order valence-electron chi connectivity index (χ0n) is 11.0. The van der Waals surface area contributed by atoms with Crippen LogP contribution in [-0.4, -0.2) is 43.2 Å². The number of carbonyl (C=O) groups is 1. The molecule has 0 bridgehead atoms. The fraction of sp³-hybridized carbons (Fsp3) is 0.643. The molecular formula is C14H20N2O2S. The Hall–Kier alpha value is -0.910. The van der Waals surface area contributed by atoms with Crippen LogP contribution in [0.15, 0.2) is 16.8 Å². The molecule has 2 atom stereocenters. The number of hydrogen-bond donors (Lipinski definition) is 1. The number of amides is 1. The second kappa shape index (κ2) is 6.03. The van der Waals surface area contributed by atoms with Crippen molar-refractivity contribution in [1.29, 1.82) is 0 Å². The highest BCUT2D eigenvalue weighted by Gasteiger charge is 2.31. The van der Waals surface area contributed by atoms with Crippen molar-refractivity contribution in [3.05, 3.63) is 22.4 Å². The lowest BCUT2D eigenvalue weighted by molar-refractivity contribution is -0.133. The van der Waals surface area contributed by atoms with Gasteiger partial charge in [0.1, 0.15) is 0 Å². The third kappa shape index (κ3) is 2.99. The molecule has 3 heterocycles. The Balaban J connectivity index is 1.62. The van der Waals surface area contributed by atoms with Crippen molar-refractivity contribution in [3.8, 4) is 0 Å². The summed E-state index contributed by atoms with van der Waals surface area (Å²) in [5.41, 5.74) is 1.30. The number of rotatable bonds is 3. The minimum absolute atomic E-state index is 0.185. The Kier molecular flexibility index (Phi) is 4.15. The van der Waals surface area contributed by atoms with Crippen LogP contribution in [0.4, 0.5) is 0 Å². The predicted molar refractivity (Wildman–Crippen MR) is 75.2 cm³/mol. The average Bonchev–Trinajstić information content (AvgIpc) is 3.10. The van der Waals surface area contributed by atoms with Gasteiger partial charge in [-0.05, 0) is 35.2 Å². The Morgan fingerprint density at radius 2 is 2.53 bits per heavy atom. The first kappa shape index (κ1) is 13.1. The van der Waals surface area contributed by atoms with Crippen LogP contribution in [0.5, 0.6) is 0 Å². The first-order valence-electron chi connectivity index (χ1n) is 6.97. The first-order chi connectivity index (χ1) is 9.34. The summed E-state index contributed by atoms with van der Waals surface area (Å²) in [5, 5.41) is 7.61. The smallest absolute Gasteiger partial charge is 0.224 e. The van der Waals surface area contributed by atoms with Gasteiger partial charge < -0.3 is 15.0 Å². The molecule has 0 spiro atoms. The summed E-state index contributed by atoms with van der Waals surface area (Å²) in [6.07, 6.45) is 2.76. The summed E-state index contributed by atoms with van der Waals surface area (Å²) in [6, 6.07) is 2.62. The van der Waals surface area contributed by atoms with Gasteiger partial charge in [0.05, 0.1) is 19.3 Å². The van der Waals surface area contributed by atoms with Gasteiger partial charge in [-0.25, -0.2) is 0 Å². The van der Waals surface area contributed by atoms with Gasteiger partial charge in [-0.3, -0.25) is 4.79 Å². The lowest BCUT2D eigenvalue weighted by Gasteiger charge is -2.28. The van der Waals surface area contributed by atoms with E-state index in [1.165, 1.54) is 5.56 Å². The van der Waals surface area contributed by atoms with Crippen LogP contribution in [0.1, 0.15) is 30.9 Å². The molecule has 2 unspecified atom stereocenters. The number of carbonyl (C=O) groups excluding carboxylic acids is 1. The summed E-state index contributed by atoms with van der Waals surface area (Å²) in [6.45, 7) is 3.16. The molecule has 19 heavy (non-hydrogen) atoms. The number of thiophene rings is 1. The molecule has 1 aromatic heterocycles. The second-order valence-electron chi connectivity index (χ2n) is 5.23. The molecule has 104 valence electrons. The second-order valence-corrected chi connectivity index (χ2v) is 6.01. The van der Waals surface area contributed by atoms with E-state index in [1.54, 1.807) is 11.3 Å². The van der Waals surface area contributed by atoms with Gasteiger partial charge in [-0.2, -0.15) is 11.3 Å². The molecule has 2 fully saturated rings. The minimum atomic E-state index is 0.185. The normalized spacial score (nSPS) is 27.7. The number of nitrogens with one attached hydrogen (secondary N) is 1. The maximum atomic E-state index is 12.5. The van der Waals surface area contributed by atoms with Gasteiger partial charge in [0.25, 0.3) is 0 Å². The van der Waals surface area contributed by atoms with Crippen molar-refractivity contribution in [1.82, 2.24) is 10.2 Å². The van der Waals surface area contributed by atoms with Crippen LogP contribution in [0.2, 0.25) is 0 Å². The van der Waals surface area contributed by atoms with Crippen LogP contribution >= 0.6 is 11.3 Å². The van der Waals surface area contributed by atoms with Crippen LogP contribution in [0.25, 0.3) is 0 Å². The van der Waals surface area contributed by atoms with E-state index in [0.29, 0.717) is 19.1 Å². The van der Waals surface area contributed by atoms with E-state index in [0.717, 1.165) is 32.5 Å².